The van der Waals surface area contributed by atoms with E-state index in [0.29, 0.717) is 5.69 Å². The molecule has 0 amide bonds. The fourth-order valence-electron chi connectivity index (χ4n) is 1.55. The van der Waals surface area contributed by atoms with Gasteiger partial charge in [0.25, 0.3) is 5.69 Å². The molecule has 0 atom stereocenters. The number of carboxylic acids is 1. The zero-order chi connectivity index (χ0) is 15.2. The van der Waals surface area contributed by atoms with Crippen molar-refractivity contribution < 1.29 is 14.8 Å². The normalized spacial score (nSPS) is 10.5. The average Bonchev–Trinajstić information content (AvgIpc) is 2.48. The highest BCUT2D eigenvalue weighted by atomic mass is 16.6. The molecule has 0 aliphatic heterocycles. The summed E-state index contributed by atoms with van der Waals surface area (Å²) >= 11 is 0. The van der Waals surface area contributed by atoms with Crippen LogP contribution in [0.15, 0.2) is 53.6 Å². The van der Waals surface area contributed by atoms with E-state index < -0.39 is 10.9 Å². The molecule has 106 valence electrons. The molecule has 0 saturated carbocycles. The van der Waals surface area contributed by atoms with E-state index in [0.717, 1.165) is 5.56 Å². The lowest BCUT2D eigenvalue weighted by Crippen LogP contribution is -1.96. The fourth-order valence-corrected chi connectivity index (χ4v) is 1.55. The number of nitrogens with one attached hydrogen (secondary N) is 1. The summed E-state index contributed by atoms with van der Waals surface area (Å²) in [5, 5.41) is 23.2. The van der Waals surface area contributed by atoms with Gasteiger partial charge in [0.05, 0.1) is 22.4 Å². The van der Waals surface area contributed by atoms with Gasteiger partial charge in [0, 0.05) is 12.1 Å². The fraction of sp³-hybridized carbons (Fsp3) is 0. The summed E-state index contributed by atoms with van der Waals surface area (Å²) in [7, 11) is 0. The summed E-state index contributed by atoms with van der Waals surface area (Å²) in [6.45, 7) is 0. The zero-order valence-corrected chi connectivity index (χ0v) is 10.8. The Bertz CT molecular complexity index is 678. The highest BCUT2D eigenvalue weighted by Gasteiger charge is 2.03. The van der Waals surface area contributed by atoms with Crippen LogP contribution in [0.4, 0.5) is 11.4 Å². The first-order chi connectivity index (χ1) is 10.1. The Morgan fingerprint density at radius 1 is 1.14 bits per heavy atom. The maximum Gasteiger partial charge on any atom is 0.335 e. The quantitative estimate of drug-likeness (QED) is 0.499. The second-order valence-electron chi connectivity index (χ2n) is 4.10. The van der Waals surface area contributed by atoms with E-state index >= 15 is 0 Å². The number of benzene rings is 2. The van der Waals surface area contributed by atoms with Crippen molar-refractivity contribution in [2.24, 2.45) is 5.10 Å². The molecule has 0 heterocycles. The van der Waals surface area contributed by atoms with Gasteiger partial charge in [-0.2, -0.15) is 5.10 Å². The maximum absolute atomic E-state index is 10.7. The molecule has 21 heavy (non-hydrogen) atoms. The van der Waals surface area contributed by atoms with Crippen LogP contribution in [-0.2, 0) is 0 Å². The molecular weight excluding hydrogens is 274 g/mol. The van der Waals surface area contributed by atoms with Crippen molar-refractivity contribution in [3.05, 3.63) is 69.8 Å². The minimum absolute atomic E-state index is 0.00814. The highest BCUT2D eigenvalue weighted by molar-refractivity contribution is 5.89. The van der Waals surface area contributed by atoms with Crippen LogP contribution in [0.5, 0.6) is 0 Å². The number of rotatable bonds is 5. The lowest BCUT2D eigenvalue weighted by atomic mass is 10.1. The van der Waals surface area contributed by atoms with Crippen LogP contribution in [0.25, 0.3) is 0 Å². The Morgan fingerprint density at radius 2 is 1.76 bits per heavy atom. The van der Waals surface area contributed by atoms with Crippen LogP contribution in [-0.4, -0.2) is 22.2 Å². The molecule has 7 nitrogen and oxygen atoms in total. The van der Waals surface area contributed by atoms with Crippen molar-refractivity contribution in [2.45, 2.75) is 0 Å². The molecule has 0 aliphatic rings. The number of hydrogen-bond donors (Lipinski definition) is 2. The van der Waals surface area contributed by atoms with Crippen LogP contribution in [0.1, 0.15) is 15.9 Å². The summed E-state index contributed by atoms with van der Waals surface area (Å²) in [6, 6.07) is 12.1. The van der Waals surface area contributed by atoms with Gasteiger partial charge >= 0.3 is 5.97 Å². The van der Waals surface area contributed by atoms with Gasteiger partial charge in [-0.05, 0) is 29.8 Å². The molecule has 0 fully saturated rings. The van der Waals surface area contributed by atoms with Gasteiger partial charge < -0.3 is 5.11 Å². The second-order valence-corrected chi connectivity index (χ2v) is 4.10. The van der Waals surface area contributed by atoms with Crippen molar-refractivity contribution in [1.82, 2.24) is 0 Å². The summed E-state index contributed by atoms with van der Waals surface area (Å²) in [5.74, 6) is -0.984. The number of carboxylic acid groups (broad SMARTS) is 1. The van der Waals surface area contributed by atoms with Gasteiger partial charge in [-0.1, -0.05) is 12.1 Å². The van der Waals surface area contributed by atoms with Gasteiger partial charge in [0.2, 0.25) is 0 Å². The van der Waals surface area contributed by atoms with Crippen LogP contribution in [0.3, 0.4) is 0 Å². The van der Waals surface area contributed by atoms with E-state index in [1.54, 1.807) is 24.3 Å². The van der Waals surface area contributed by atoms with E-state index in [-0.39, 0.29) is 11.3 Å². The van der Waals surface area contributed by atoms with Gasteiger partial charge in [0.15, 0.2) is 0 Å². The van der Waals surface area contributed by atoms with Crippen molar-refractivity contribution in [1.29, 1.82) is 0 Å². The molecule has 0 spiro atoms. The van der Waals surface area contributed by atoms with E-state index in [2.05, 4.69) is 10.5 Å². The molecular formula is C14H11N3O4. The molecule has 2 N–H and O–H groups in total. The summed E-state index contributed by atoms with van der Waals surface area (Å²) in [4.78, 5) is 20.7. The average molecular weight is 285 g/mol. The molecule has 0 aromatic heterocycles. The molecule has 0 bridgehead atoms. The van der Waals surface area contributed by atoms with Gasteiger partial charge in [-0.25, -0.2) is 4.79 Å². The number of aromatic carboxylic acids is 1. The molecule has 2 aromatic rings. The van der Waals surface area contributed by atoms with Crippen LogP contribution < -0.4 is 5.43 Å². The van der Waals surface area contributed by atoms with Gasteiger partial charge in [-0.3, -0.25) is 15.5 Å². The van der Waals surface area contributed by atoms with Crippen LogP contribution in [0.2, 0.25) is 0 Å². The largest absolute Gasteiger partial charge is 0.478 e. The van der Waals surface area contributed by atoms with Crippen molar-refractivity contribution in [3.8, 4) is 0 Å². The second kappa shape index (κ2) is 6.29. The van der Waals surface area contributed by atoms with Crippen molar-refractivity contribution in [2.75, 3.05) is 5.43 Å². The number of hydrogen-bond acceptors (Lipinski definition) is 5. The lowest BCUT2D eigenvalue weighted by molar-refractivity contribution is -0.384. The monoisotopic (exact) mass is 285 g/mol. The number of nitro groups is 1. The van der Waals surface area contributed by atoms with Gasteiger partial charge in [-0.15, -0.1) is 0 Å². The summed E-state index contributed by atoms with van der Waals surface area (Å²) < 4.78 is 0. The number of nitrogens with zero attached hydrogens (tertiary/aromatic N) is 2. The number of anilines is 1. The lowest BCUT2D eigenvalue weighted by Gasteiger charge is -1.99. The standard InChI is InChI=1S/C14H11N3O4/c18-14(19)11-3-1-10(2-4-11)9-15-16-12-5-7-13(8-6-12)17(20)21/h1-9,16H,(H,18,19)/b15-9+. The molecule has 2 rings (SSSR count). The minimum atomic E-state index is -0.984. The molecule has 0 saturated heterocycles. The third kappa shape index (κ3) is 3.87. The van der Waals surface area contributed by atoms with Crippen LogP contribution >= 0.6 is 0 Å². The third-order valence-corrected chi connectivity index (χ3v) is 2.64. The Labute approximate surface area is 119 Å². The molecule has 0 unspecified atom stereocenters. The number of hydrazone groups is 1. The minimum Gasteiger partial charge on any atom is -0.478 e. The Morgan fingerprint density at radius 3 is 2.29 bits per heavy atom. The third-order valence-electron chi connectivity index (χ3n) is 2.64. The number of nitro benzene ring substituents is 1. The first-order valence-electron chi connectivity index (χ1n) is 5.93. The first-order valence-corrected chi connectivity index (χ1v) is 5.93. The zero-order valence-electron chi connectivity index (χ0n) is 10.8. The Hall–Kier alpha value is -3.22. The molecule has 7 heteroatoms. The summed E-state index contributed by atoms with van der Waals surface area (Å²) in [6.07, 6.45) is 1.52. The van der Waals surface area contributed by atoms with Crippen molar-refractivity contribution >= 4 is 23.6 Å². The predicted octanol–water partition coefficient (Wildman–Crippen LogP) is 2.74. The molecule has 0 radical (unpaired) electrons. The molecule has 0 aliphatic carbocycles. The van der Waals surface area contributed by atoms with Gasteiger partial charge in [0.1, 0.15) is 0 Å². The van der Waals surface area contributed by atoms with E-state index in [1.165, 1.54) is 30.5 Å². The summed E-state index contributed by atoms with van der Waals surface area (Å²) in [5.41, 5.74) is 4.28. The Balaban J connectivity index is 1.98. The van der Waals surface area contributed by atoms with E-state index in [4.69, 9.17) is 5.11 Å². The maximum atomic E-state index is 10.7. The topological polar surface area (TPSA) is 105 Å². The molecule has 2 aromatic carbocycles. The van der Waals surface area contributed by atoms with E-state index in [9.17, 15) is 14.9 Å². The van der Waals surface area contributed by atoms with Crippen molar-refractivity contribution in [3.63, 3.8) is 0 Å². The Kier molecular flexibility index (Phi) is 4.25. The first kappa shape index (κ1) is 14.2. The number of carbonyl (C=O) groups is 1. The predicted molar refractivity (Wildman–Crippen MR) is 77.7 cm³/mol. The highest BCUT2D eigenvalue weighted by Crippen LogP contribution is 2.15. The SMILES string of the molecule is O=C(O)c1ccc(/C=N/Nc2ccc([N+](=O)[O-])cc2)cc1. The number of non-ortho nitro benzene ring substituents is 1. The van der Waals surface area contributed by atoms with E-state index in [1.807, 2.05) is 0 Å². The van der Waals surface area contributed by atoms with Crippen LogP contribution in [0, 0.1) is 10.1 Å². The smallest absolute Gasteiger partial charge is 0.335 e.